The molecule has 0 amide bonds. The van der Waals surface area contributed by atoms with Crippen molar-refractivity contribution in [2.45, 2.75) is 136 Å². The maximum absolute atomic E-state index is 6.83. The van der Waals surface area contributed by atoms with E-state index in [0.29, 0.717) is 13.2 Å². The predicted octanol–water partition coefficient (Wildman–Crippen LogP) is 10.4. The van der Waals surface area contributed by atoms with Gasteiger partial charge in [0.05, 0.1) is 30.8 Å². The van der Waals surface area contributed by atoms with Crippen molar-refractivity contribution >= 4 is 14.0 Å². The van der Waals surface area contributed by atoms with E-state index in [1.54, 1.807) is 6.26 Å². The molecule has 0 aliphatic carbocycles. The first-order valence-electron chi connectivity index (χ1n) is 17.4. The molecule has 0 radical (unpaired) electrons. The molecule has 3 rings (SSSR count). The molecule has 0 aromatic heterocycles. The van der Waals surface area contributed by atoms with Gasteiger partial charge in [0.2, 0.25) is 6.29 Å². The molecule has 250 valence electrons. The highest BCUT2D eigenvalue weighted by atomic mass is 28.4. The van der Waals surface area contributed by atoms with Gasteiger partial charge in [-0.15, -0.1) is 0 Å². The van der Waals surface area contributed by atoms with Crippen LogP contribution in [0.4, 0.5) is 0 Å². The van der Waals surface area contributed by atoms with Crippen molar-refractivity contribution in [1.82, 2.24) is 0 Å². The standard InChI is InChI=1S/C39H61NO4Si/c1-9-11-12-13-14-15-16-23-29-41-37-31(3)34(30-43-45(7,8)39(4,5)6)44-38(42-28-10-2)36(37)40-35(32-24-19-17-20-25-32)33-26-21-18-22-27-33/h10,17-22,24-28,31,34,36-38H,9,11-16,23,29-30H2,1-8H3/b28-10-/t31-,34?,36?,37+,38+/m1/s1. The van der Waals surface area contributed by atoms with Crippen molar-refractivity contribution in [3.8, 4) is 0 Å². The molecule has 0 N–H and O–H groups in total. The van der Waals surface area contributed by atoms with Crippen LogP contribution >= 0.6 is 0 Å². The van der Waals surface area contributed by atoms with Crippen molar-refractivity contribution < 1.29 is 18.6 Å². The molecule has 6 heteroatoms. The summed E-state index contributed by atoms with van der Waals surface area (Å²) in [5, 5.41) is 0.116. The van der Waals surface area contributed by atoms with Crippen LogP contribution in [-0.4, -0.2) is 51.8 Å². The summed E-state index contributed by atoms with van der Waals surface area (Å²) in [6, 6.07) is 20.4. The van der Waals surface area contributed by atoms with E-state index in [0.717, 1.165) is 23.3 Å². The molecule has 2 aromatic rings. The van der Waals surface area contributed by atoms with Crippen molar-refractivity contribution in [2.24, 2.45) is 10.9 Å². The number of nitrogens with zero attached hydrogens (tertiary/aromatic N) is 1. The molecule has 1 aliphatic rings. The zero-order chi connectivity index (χ0) is 32.7. The van der Waals surface area contributed by atoms with Crippen LogP contribution in [0.2, 0.25) is 18.1 Å². The van der Waals surface area contributed by atoms with E-state index in [2.05, 4.69) is 96.2 Å². The quantitative estimate of drug-likeness (QED) is 0.0708. The molecule has 1 fully saturated rings. The lowest BCUT2D eigenvalue weighted by atomic mass is 9.88. The summed E-state index contributed by atoms with van der Waals surface area (Å²) in [5.41, 5.74) is 3.04. The largest absolute Gasteiger partial charge is 0.470 e. The lowest BCUT2D eigenvalue weighted by molar-refractivity contribution is -0.238. The van der Waals surface area contributed by atoms with Crippen LogP contribution in [-0.2, 0) is 18.6 Å². The molecular weight excluding hydrogens is 575 g/mol. The Bertz CT molecular complexity index is 1100. The summed E-state index contributed by atoms with van der Waals surface area (Å²) in [7, 11) is -1.98. The first-order chi connectivity index (χ1) is 21.6. The molecular formula is C39H61NO4Si. The van der Waals surface area contributed by atoms with Gasteiger partial charge in [-0.3, -0.25) is 4.99 Å². The molecule has 1 heterocycles. The van der Waals surface area contributed by atoms with E-state index in [1.165, 1.54) is 44.9 Å². The van der Waals surface area contributed by atoms with Crippen LogP contribution in [0.1, 0.15) is 104 Å². The Labute approximate surface area is 276 Å². The Balaban J connectivity index is 1.91. The minimum Gasteiger partial charge on any atom is -0.470 e. The molecule has 0 bridgehead atoms. The maximum atomic E-state index is 6.83. The highest BCUT2D eigenvalue weighted by Gasteiger charge is 2.47. The van der Waals surface area contributed by atoms with Gasteiger partial charge in [-0.1, -0.05) is 146 Å². The number of hydrogen-bond acceptors (Lipinski definition) is 5. The van der Waals surface area contributed by atoms with Crippen molar-refractivity contribution in [2.75, 3.05) is 13.2 Å². The van der Waals surface area contributed by atoms with Crippen LogP contribution in [0.15, 0.2) is 78.0 Å². The number of hydrogen-bond donors (Lipinski definition) is 0. The molecule has 2 unspecified atom stereocenters. The Hall–Kier alpha value is -2.25. The van der Waals surface area contributed by atoms with Gasteiger partial charge in [0.15, 0.2) is 8.32 Å². The van der Waals surface area contributed by atoms with Gasteiger partial charge >= 0.3 is 0 Å². The SMILES string of the molecule is C/C=C\O[C@H]1OC(CO[Si](C)(C)C(C)(C)C)[C@@H](C)[C@H](OCCCCCCCCCC)C1N=C(c1ccccc1)c1ccccc1. The normalized spacial score (nSPS) is 22.4. The summed E-state index contributed by atoms with van der Waals surface area (Å²) in [5.74, 6) is 0.0656. The third kappa shape index (κ3) is 11.5. The number of allylic oxidation sites excluding steroid dienone is 1. The summed E-state index contributed by atoms with van der Waals surface area (Å²) in [6.07, 6.45) is 12.8. The second-order valence-corrected chi connectivity index (χ2v) is 18.9. The lowest BCUT2D eigenvalue weighted by Crippen LogP contribution is -2.57. The Morgan fingerprint density at radius 2 is 1.42 bits per heavy atom. The minimum atomic E-state index is -1.98. The molecule has 2 aromatic carbocycles. The fraction of sp³-hybridized carbons (Fsp3) is 0.615. The number of unbranched alkanes of at least 4 members (excludes halogenated alkanes) is 7. The molecule has 0 spiro atoms. The number of ether oxygens (including phenoxy) is 3. The molecule has 45 heavy (non-hydrogen) atoms. The van der Waals surface area contributed by atoms with Crippen molar-refractivity contribution in [3.63, 3.8) is 0 Å². The number of benzene rings is 2. The van der Waals surface area contributed by atoms with Gasteiger partial charge in [-0.2, -0.15) is 0 Å². The Kier molecular flexibility index (Phi) is 15.5. The van der Waals surface area contributed by atoms with Gasteiger partial charge in [-0.25, -0.2) is 0 Å². The number of rotatable bonds is 18. The number of aliphatic imine (C=N–C) groups is 1. The van der Waals surface area contributed by atoms with E-state index in [-0.39, 0.29) is 29.2 Å². The van der Waals surface area contributed by atoms with Crippen molar-refractivity contribution in [1.29, 1.82) is 0 Å². The second kappa shape index (κ2) is 18.8. The van der Waals surface area contributed by atoms with Gasteiger partial charge < -0.3 is 18.6 Å². The van der Waals surface area contributed by atoms with Crippen LogP contribution in [0.3, 0.4) is 0 Å². The van der Waals surface area contributed by atoms with Crippen LogP contribution < -0.4 is 0 Å². The zero-order valence-electron chi connectivity index (χ0n) is 29.5. The van der Waals surface area contributed by atoms with E-state index in [9.17, 15) is 0 Å². The molecule has 1 saturated heterocycles. The molecule has 5 nitrogen and oxygen atoms in total. The third-order valence-electron chi connectivity index (χ3n) is 9.47. The Morgan fingerprint density at radius 1 is 0.867 bits per heavy atom. The zero-order valence-corrected chi connectivity index (χ0v) is 30.5. The van der Waals surface area contributed by atoms with Crippen LogP contribution in [0, 0.1) is 5.92 Å². The minimum absolute atomic E-state index is 0.0656. The Morgan fingerprint density at radius 3 is 1.96 bits per heavy atom. The van der Waals surface area contributed by atoms with Crippen molar-refractivity contribution in [3.05, 3.63) is 84.1 Å². The molecule has 1 aliphatic heterocycles. The van der Waals surface area contributed by atoms with E-state index in [4.69, 9.17) is 23.6 Å². The molecule has 5 atom stereocenters. The van der Waals surface area contributed by atoms with E-state index < -0.39 is 14.6 Å². The maximum Gasteiger partial charge on any atom is 0.224 e. The summed E-state index contributed by atoms with van der Waals surface area (Å²) < 4.78 is 26.6. The topological polar surface area (TPSA) is 49.3 Å². The highest BCUT2D eigenvalue weighted by molar-refractivity contribution is 6.74. The van der Waals surface area contributed by atoms with E-state index in [1.807, 2.05) is 25.1 Å². The molecule has 0 saturated carbocycles. The predicted molar refractivity (Wildman–Crippen MR) is 192 cm³/mol. The van der Waals surface area contributed by atoms with E-state index >= 15 is 0 Å². The van der Waals surface area contributed by atoms with Gasteiger partial charge in [-0.05, 0) is 31.5 Å². The fourth-order valence-corrected chi connectivity index (χ4v) is 6.53. The summed E-state index contributed by atoms with van der Waals surface area (Å²) >= 11 is 0. The second-order valence-electron chi connectivity index (χ2n) is 14.1. The van der Waals surface area contributed by atoms with Gasteiger partial charge in [0.1, 0.15) is 6.04 Å². The summed E-state index contributed by atoms with van der Waals surface area (Å²) in [6.45, 7) is 19.1. The van der Waals surface area contributed by atoms with Gasteiger partial charge in [0, 0.05) is 23.7 Å². The average Bonchev–Trinajstić information content (AvgIpc) is 3.03. The summed E-state index contributed by atoms with van der Waals surface area (Å²) in [4.78, 5) is 5.46. The van der Waals surface area contributed by atoms with Crippen LogP contribution in [0.25, 0.3) is 0 Å². The first kappa shape index (κ1) is 37.2. The van der Waals surface area contributed by atoms with Crippen LogP contribution in [0.5, 0.6) is 0 Å². The average molecular weight is 636 g/mol. The monoisotopic (exact) mass is 635 g/mol. The first-order valence-corrected chi connectivity index (χ1v) is 20.4. The third-order valence-corrected chi connectivity index (χ3v) is 14.0. The highest BCUT2D eigenvalue weighted by Crippen LogP contribution is 2.38. The smallest absolute Gasteiger partial charge is 0.224 e. The fourth-order valence-electron chi connectivity index (χ4n) is 5.52. The van der Waals surface area contributed by atoms with Gasteiger partial charge in [0.25, 0.3) is 0 Å². The lowest BCUT2D eigenvalue weighted by Gasteiger charge is -2.45.